The van der Waals surface area contributed by atoms with Gasteiger partial charge in [-0.25, -0.2) is 13.1 Å². The molecule has 7 heteroatoms. The van der Waals surface area contributed by atoms with Crippen LogP contribution < -0.4 is 4.72 Å². The van der Waals surface area contributed by atoms with Crippen LogP contribution in [0.3, 0.4) is 0 Å². The molecule has 0 spiro atoms. The van der Waals surface area contributed by atoms with Crippen molar-refractivity contribution < 1.29 is 18.6 Å². The van der Waals surface area contributed by atoms with Gasteiger partial charge in [0, 0.05) is 11.0 Å². The van der Waals surface area contributed by atoms with Crippen LogP contribution in [0.15, 0.2) is 33.6 Å². The monoisotopic (exact) mass is 323 g/mol. The molecule has 3 N–H and O–H groups in total. The smallest absolute Gasteiger partial charge is 0.240 e. The van der Waals surface area contributed by atoms with Crippen molar-refractivity contribution in [1.29, 1.82) is 0 Å². The molecule has 1 atom stereocenters. The topological polar surface area (TPSA) is 86.6 Å². The molecule has 0 bridgehead atoms. The van der Waals surface area contributed by atoms with Crippen LogP contribution >= 0.6 is 15.9 Å². The lowest BCUT2D eigenvalue weighted by molar-refractivity contribution is 0.00681. The summed E-state index contributed by atoms with van der Waals surface area (Å²) in [7, 11) is -3.68. The molecular weight excluding hydrogens is 310 g/mol. The molecule has 1 aromatic rings. The molecule has 0 aliphatic rings. The molecule has 1 rings (SSSR count). The predicted octanol–water partition coefficient (Wildman–Crippen LogP) is 0.471. The third-order valence-corrected chi connectivity index (χ3v) is 3.98. The van der Waals surface area contributed by atoms with Gasteiger partial charge in [-0.15, -0.1) is 0 Å². The van der Waals surface area contributed by atoms with E-state index >= 15 is 0 Å². The van der Waals surface area contributed by atoms with Crippen molar-refractivity contribution in [2.75, 3.05) is 13.2 Å². The Balaban J connectivity index is 2.83. The Morgan fingerprint density at radius 2 is 2.12 bits per heavy atom. The molecule has 1 aromatic carbocycles. The number of hydrogen-bond donors (Lipinski definition) is 3. The van der Waals surface area contributed by atoms with Gasteiger partial charge in [0.25, 0.3) is 0 Å². The van der Waals surface area contributed by atoms with E-state index in [0.29, 0.717) is 4.47 Å². The zero-order valence-corrected chi connectivity index (χ0v) is 11.6. The van der Waals surface area contributed by atoms with Crippen molar-refractivity contribution in [2.45, 2.75) is 17.4 Å². The molecule has 0 fully saturated rings. The summed E-state index contributed by atoms with van der Waals surface area (Å²) >= 11 is 3.18. The lowest BCUT2D eigenvalue weighted by Crippen LogP contribution is -2.43. The lowest BCUT2D eigenvalue weighted by atomic mass is 10.1. The number of aliphatic hydroxyl groups excluding tert-OH is 1. The number of sulfonamides is 1. The Morgan fingerprint density at radius 3 is 2.65 bits per heavy atom. The predicted molar refractivity (Wildman–Crippen MR) is 67.0 cm³/mol. The molecule has 0 aliphatic heterocycles. The van der Waals surface area contributed by atoms with Crippen LogP contribution in [-0.4, -0.2) is 37.4 Å². The van der Waals surface area contributed by atoms with Gasteiger partial charge in [0.2, 0.25) is 10.0 Å². The first-order valence-electron chi connectivity index (χ1n) is 4.85. The number of nitrogens with one attached hydrogen (secondary N) is 1. The number of rotatable bonds is 5. The van der Waals surface area contributed by atoms with E-state index in [1.165, 1.54) is 19.1 Å². The van der Waals surface area contributed by atoms with Crippen molar-refractivity contribution in [3.05, 3.63) is 28.7 Å². The van der Waals surface area contributed by atoms with E-state index in [0.717, 1.165) is 0 Å². The Morgan fingerprint density at radius 1 is 1.47 bits per heavy atom. The Bertz CT molecular complexity index is 487. The zero-order valence-electron chi connectivity index (χ0n) is 9.22. The van der Waals surface area contributed by atoms with E-state index in [1.54, 1.807) is 12.1 Å². The van der Waals surface area contributed by atoms with Gasteiger partial charge in [-0.3, -0.25) is 0 Å². The minimum atomic E-state index is -3.68. The number of aliphatic hydroxyl groups is 2. The average Bonchev–Trinajstić information content (AvgIpc) is 2.27. The molecule has 0 heterocycles. The number of halogens is 1. The first kappa shape index (κ1) is 14.6. The molecule has 0 aromatic heterocycles. The Labute approximate surface area is 109 Å². The fourth-order valence-electron chi connectivity index (χ4n) is 1.02. The normalized spacial score (nSPS) is 15.5. The van der Waals surface area contributed by atoms with Crippen LogP contribution in [0.4, 0.5) is 0 Å². The third-order valence-electron chi connectivity index (χ3n) is 2.09. The fraction of sp³-hybridized carbons (Fsp3) is 0.400. The lowest BCUT2D eigenvalue weighted by Gasteiger charge is -2.20. The van der Waals surface area contributed by atoms with E-state index in [9.17, 15) is 13.5 Å². The van der Waals surface area contributed by atoms with E-state index in [-0.39, 0.29) is 11.4 Å². The molecule has 0 saturated heterocycles. The summed E-state index contributed by atoms with van der Waals surface area (Å²) < 4.78 is 26.5. The summed E-state index contributed by atoms with van der Waals surface area (Å²) in [5.41, 5.74) is -1.47. The van der Waals surface area contributed by atoms with Gasteiger partial charge in [0.15, 0.2) is 0 Å². The fourth-order valence-corrected chi connectivity index (χ4v) is 2.78. The zero-order chi connectivity index (χ0) is 13.1. The van der Waals surface area contributed by atoms with Crippen LogP contribution in [-0.2, 0) is 10.0 Å². The highest BCUT2D eigenvalue weighted by atomic mass is 79.9. The minimum Gasteiger partial charge on any atom is -0.393 e. The highest BCUT2D eigenvalue weighted by Gasteiger charge is 2.23. The summed E-state index contributed by atoms with van der Waals surface area (Å²) in [5, 5.41) is 18.3. The first-order valence-corrected chi connectivity index (χ1v) is 7.13. The summed E-state index contributed by atoms with van der Waals surface area (Å²) in [5.74, 6) is 0. The second-order valence-corrected chi connectivity index (χ2v) is 6.62. The molecule has 5 nitrogen and oxygen atoms in total. The third kappa shape index (κ3) is 4.36. The van der Waals surface area contributed by atoms with Crippen molar-refractivity contribution >= 4 is 26.0 Å². The maximum atomic E-state index is 11.8. The number of benzene rings is 1. The summed E-state index contributed by atoms with van der Waals surface area (Å²) in [4.78, 5) is 0.0978. The van der Waals surface area contributed by atoms with Crippen molar-refractivity contribution in [2.24, 2.45) is 0 Å². The largest absolute Gasteiger partial charge is 0.393 e. The second kappa shape index (κ2) is 5.45. The molecule has 0 amide bonds. The maximum absolute atomic E-state index is 11.8. The van der Waals surface area contributed by atoms with Gasteiger partial charge in [0.1, 0.15) is 0 Å². The first-order chi connectivity index (χ1) is 7.77. The van der Waals surface area contributed by atoms with Crippen molar-refractivity contribution in [1.82, 2.24) is 4.72 Å². The van der Waals surface area contributed by atoms with Crippen molar-refractivity contribution in [3.63, 3.8) is 0 Å². The van der Waals surface area contributed by atoms with Gasteiger partial charge in [0.05, 0.1) is 17.1 Å². The summed E-state index contributed by atoms with van der Waals surface area (Å²) in [6, 6.07) is 6.21. The summed E-state index contributed by atoms with van der Waals surface area (Å²) in [6.45, 7) is 0.572. The standard InChI is InChI=1S/C10H14BrNO4S/c1-10(14,7-13)6-12-17(15,16)9-4-2-3-8(11)5-9/h2-5,12-14H,6-7H2,1H3. The van der Waals surface area contributed by atoms with Crippen LogP contribution in [0.1, 0.15) is 6.92 Å². The van der Waals surface area contributed by atoms with Gasteiger partial charge >= 0.3 is 0 Å². The van der Waals surface area contributed by atoms with E-state index in [4.69, 9.17) is 5.11 Å². The van der Waals surface area contributed by atoms with E-state index in [1.807, 2.05) is 0 Å². The van der Waals surface area contributed by atoms with Gasteiger partial charge < -0.3 is 10.2 Å². The molecule has 0 aliphatic carbocycles. The molecular formula is C10H14BrNO4S. The molecule has 96 valence electrons. The highest BCUT2D eigenvalue weighted by molar-refractivity contribution is 9.10. The van der Waals surface area contributed by atoms with E-state index < -0.39 is 22.2 Å². The molecule has 0 saturated carbocycles. The molecule has 1 unspecified atom stereocenters. The second-order valence-electron chi connectivity index (χ2n) is 3.94. The Kier molecular flexibility index (Phi) is 4.68. The quantitative estimate of drug-likeness (QED) is 0.735. The van der Waals surface area contributed by atoms with Gasteiger partial charge in [-0.1, -0.05) is 22.0 Å². The van der Waals surface area contributed by atoms with Crippen LogP contribution in [0, 0.1) is 0 Å². The van der Waals surface area contributed by atoms with Gasteiger partial charge in [-0.05, 0) is 25.1 Å². The Hall–Kier alpha value is -0.470. The van der Waals surface area contributed by atoms with E-state index in [2.05, 4.69) is 20.7 Å². The summed E-state index contributed by atoms with van der Waals surface area (Å²) in [6.07, 6.45) is 0. The molecule has 17 heavy (non-hydrogen) atoms. The SMILES string of the molecule is CC(O)(CO)CNS(=O)(=O)c1cccc(Br)c1. The van der Waals surface area contributed by atoms with Crippen LogP contribution in [0.5, 0.6) is 0 Å². The highest BCUT2D eigenvalue weighted by Crippen LogP contribution is 2.16. The molecule has 0 radical (unpaired) electrons. The van der Waals surface area contributed by atoms with Crippen LogP contribution in [0.25, 0.3) is 0 Å². The average molecular weight is 324 g/mol. The van der Waals surface area contributed by atoms with Crippen molar-refractivity contribution in [3.8, 4) is 0 Å². The van der Waals surface area contributed by atoms with Crippen LogP contribution in [0.2, 0.25) is 0 Å². The minimum absolute atomic E-state index is 0.0978. The maximum Gasteiger partial charge on any atom is 0.240 e. The van der Waals surface area contributed by atoms with Gasteiger partial charge in [-0.2, -0.15) is 0 Å². The number of hydrogen-bond acceptors (Lipinski definition) is 4.